The van der Waals surface area contributed by atoms with E-state index in [1.165, 1.54) is 17.7 Å². The maximum atomic E-state index is 6.00. The summed E-state index contributed by atoms with van der Waals surface area (Å²) in [4.78, 5) is 9.48. The standard InChI is InChI=1S/C13H16ClN3S/c1-16-5-2-6-17(8-7-16)13-15-11-9-10(14)3-4-12(11)18-13/h3-4,9H,2,5-8H2,1H3. The number of aromatic nitrogens is 1. The van der Waals surface area contributed by atoms with E-state index in [2.05, 4.69) is 22.9 Å². The van der Waals surface area contributed by atoms with Gasteiger partial charge in [0, 0.05) is 24.7 Å². The summed E-state index contributed by atoms with van der Waals surface area (Å²) in [5.74, 6) is 0. The molecule has 0 aliphatic carbocycles. The summed E-state index contributed by atoms with van der Waals surface area (Å²) in [6.07, 6.45) is 1.20. The third-order valence-corrected chi connectivity index (χ3v) is 4.66. The Morgan fingerprint density at radius 2 is 2.11 bits per heavy atom. The highest BCUT2D eigenvalue weighted by Gasteiger charge is 2.16. The van der Waals surface area contributed by atoms with Crippen LogP contribution in [0.25, 0.3) is 10.2 Å². The van der Waals surface area contributed by atoms with Gasteiger partial charge in [0.2, 0.25) is 0 Å². The van der Waals surface area contributed by atoms with Crippen LogP contribution in [0.3, 0.4) is 0 Å². The van der Waals surface area contributed by atoms with Crippen molar-refractivity contribution in [3.8, 4) is 0 Å². The molecule has 18 heavy (non-hydrogen) atoms. The van der Waals surface area contributed by atoms with Gasteiger partial charge in [-0.15, -0.1) is 0 Å². The molecule has 0 unspecified atom stereocenters. The highest BCUT2D eigenvalue weighted by Crippen LogP contribution is 2.30. The number of thiazole rings is 1. The number of likely N-dealkylation sites (N-methyl/N-ethyl adjacent to an activating group) is 1. The van der Waals surface area contributed by atoms with E-state index in [9.17, 15) is 0 Å². The van der Waals surface area contributed by atoms with Gasteiger partial charge in [0.25, 0.3) is 0 Å². The van der Waals surface area contributed by atoms with Gasteiger partial charge in [0.1, 0.15) is 0 Å². The van der Waals surface area contributed by atoms with Gasteiger partial charge in [-0.05, 0) is 38.2 Å². The van der Waals surface area contributed by atoms with Crippen molar-refractivity contribution < 1.29 is 0 Å². The molecule has 2 heterocycles. The lowest BCUT2D eigenvalue weighted by atomic mass is 10.3. The molecule has 1 saturated heterocycles. The highest BCUT2D eigenvalue weighted by molar-refractivity contribution is 7.22. The number of anilines is 1. The number of hydrogen-bond donors (Lipinski definition) is 0. The Morgan fingerprint density at radius 1 is 1.22 bits per heavy atom. The van der Waals surface area contributed by atoms with Crippen molar-refractivity contribution in [3.05, 3.63) is 23.2 Å². The second-order valence-electron chi connectivity index (χ2n) is 4.75. The van der Waals surface area contributed by atoms with Crippen LogP contribution in [0.4, 0.5) is 5.13 Å². The molecular formula is C13H16ClN3S. The number of rotatable bonds is 1. The Hall–Kier alpha value is -0.840. The van der Waals surface area contributed by atoms with Crippen molar-refractivity contribution >= 4 is 38.3 Å². The summed E-state index contributed by atoms with van der Waals surface area (Å²) in [7, 11) is 2.18. The smallest absolute Gasteiger partial charge is 0.186 e. The van der Waals surface area contributed by atoms with Crippen molar-refractivity contribution in [3.63, 3.8) is 0 Å². The normalized spacial score (nSPS) is 18.2. The van der Waals surface area contributed by atoms with Gasteiger partial charge in [-0.25, -0.2) is 4.98 Å². The van der Waals surface area contributed by atoms with Crippen LogP contribution in [-0.4, -0.2) is 43.1 Å². The molecule has 0 saturated carbocycles. The number of hydrogen-bond acceptors (Lipinski definition) is 4. The van der Waals surface area contributed by atoms with Crippen LogP contribution >= 0.6 is 22.9 Å². The first-order chi connectivity index (χ1) is 8.72. The molecule has 0 amide bonds. The molecule has 3 nitrogen and oxygen atoms in total. The van der Waals surface area contributed by atoms with Crippen LogP contribution in [0.1, 0.15) is 6.42 Å². The predicted octanol–water partition coefficient (Wildman–Crippen LogP) is 3.09. The lowest BCUT2D eigenvalue weighted by Gasteiger charge is -2.18. The Kier molecular flexibility index (Phi) is 3.41. The van der Waals surface area contributed by atoms with E-state index in [4.69, 9.17) is 16.6 Å². The molecule has 5 heteroatoms. The third kappa shape index (κ3) is 2.46. The Morgan fingerprint density at radius 3 is 3.00 bits per heavy atom. The first-order valence-electron chi connectivity index (χ1n) is 6.22. The highest BCUT2D eigenvalue weighted by atomic mass is 35.5. The molecule has 96 valence electrons. The second kappa shape index (κ2) is 5.03. The lowest BCUT2D eigenvalue weighted by molar-refractivity contribution is 0.360. The molecule has 2 aromatic rings. The maximum Gasteiger partial charge on any atom is 0.186 e. The minimum absolute atomic E-state index is 0.759. The SMILES string of the molecule is CN1CCCN(c2nc3cc(Cl)ccc3s2)CC1. The van der Waals surface area contributed by atoms with Crippen molar-refractivity contribution in [2.24, 2.45) is 0 Å². The van der Waals surface area contributed by atoms with Crippen LogP contribution in [0.5, 0.6) is 0 Å². The van der Waals surface area contributed by atoms with Gasteiger partial charge in [-0.1, -0.05) is 22.9 Å². The average Bonchev–Trinajstić information content (AvgIpc) is 2.63. The first kappa shape index (κ1) is 12.2. The van der Waals surface area contributed by atoms with E-state index >= 15 is 0 Å². The summed E-state index contributed by atoms with van der Waals surface area (Å²) in [6.45, 7) is 4.44. The largest absolute Gasteiger partial charge is 0.347 e. The first-order valence-corrected chi connectivity index (χ1v) is 7.41. The van der Waals surface area contributed by atoms with Crippen LogP contribution in [0.2, 0.25) is 5.02 Å². The Labute approximate surface area is 116 Å². The van der Waals surface area contributed by atoms with Gasteiger partial charge in [0.15, 0.2) is 5.13 Å². The predicted molar refractivity (Wildman–Crippen MR) is 79.0 cm³/mol. The summed E-state index contributed by atoms with van der Waals surface area (Å²) in [5.41, 5.74) is 1.01. The molecule has 1 fully saturated rings. The molecule has 0 spiro atoms. The molecule has 1 aromatic carbocycles. The van der Waals surface area contributed by atoms with Gasteiger partial charge in [0.05, 0.1) is 10.2 Å². The van der Waals surface area contributed by atoms with E-state index in [0.29, 0.717) is 0 Å². The fourth-order valence-electron chi connectivity index (χ4n) is 2.26. The Balaban J connectivity index is 1.89. The minimum Gasteiger partial charge on any atom is -0.347 e. The van der Waals surface area contributed by atoms with Crippen LogP contribution < -0.4 is 4.90 Å². The van der Waals surface area contributed by atoms with Crippen LogP contribution in [0, 0.1) is 0 Å². The molecule has 1 aliphatic rings. The average molecular weight is 282 g/mol. The van der Waals surface area contributed by atoms with E-state index in [1.54, 1.807) is 11.3 Å². The number of halogens is 1. The number of nitrogens with zero attached hydrogens (tertiary/aromatic N) is 3. The Bertz CT molecular complexity index is 554. The van der Waals surface area contributed by atoms with Gasteiger partial charge in [-0.3, -0.25) is 0 Å². The zero-order valence-electron chi connectivity index (χ0n) is 10.4. The lowest BCUT2D eigenvalue weighted by Crippen LogP contribution is -2.28. The summed E-state index contributed by atoms with van der Waals surface area (Å²) >= 11 is 7.76. The van der Waals surface area contributed by atoms with E-state index in [0.717, 1.165) is 35.3 Å². The molecule has 0 atom stereocenters. The monoisotopic (exact) mass is 281 g/mol. The van der Waals surface area contributed by atoms with Gasteiger partial charge in [-0.2, -0.15) is 0 Å². The summed E-state index contributed by atoms with van der Waals surface area (Å²) < 4.78 is 1.21. The molecule has 0 bridgehead atoms. The van der Waals surface area contributed by atoms with Crippen molar-refractivity contribution in [1.29, 1.82) is 0 Å². The van der Waals surface area contributed by atoms with Crippen molar-refractivity contribution in [2.75, 3.05) is 38.1 Å². The summed E-state index contributed by atoms with van der Waals surface area (Å²) in [5, 5.41) is 1.89. The van der Waals surface area contributed by atoms with Crippen molar-refractivity contribution in [2.45, 2.75) is 6.42 Å². The van der Waals surface area contributed by atoms with E-state index in [-0.39, 0.29) is 0 Å². The molecule has 0 N–H and O–H groups in total. The fraction of sp³-hybridized carbons (Fsp3) is 0.462. The molecule has 1 aromatic heterocycles. The number of benzene rings is 1. The van der Waals surface area contributed by atoms with Gasteiger partial charge < -0.3 is 9.80 Å². The number of fused-ring (bicyclic) bond motifs is 1. The quantitative estimate of drug-likeness (QED) is 0.801. The van der Waals surface area contributed by atoms with Gasteiger partial charge >= 0.3 is 0 Å². The topological polar surface area (TPSA) is 19.4 Å². The van der Waals surface area contributed by atoms with Crippen molar-refractivity contribution in [1.82, 2.24) is 9.88 Å². The summed E-state index contributed by atoms with van der Waals surface area (Å²) in [6, 6.07) is 5.94. The molecule has 0 radical (unpaired) electrons. The molecular weight excluding hydrogens is 266 g/mol. The second-order valence-corrected chi connectivity index (χ2v) is 6.20. The zero-order valence-corrected chi connectivity index (χ0v) is 12.0. The van der Waals surface area contributed by atoms with Crippen LogP contribution in [0.15, 0.2) is 18.2 Å². The zero-order chi connectivity index (χ0) is 12.5. The third-order valence-electron chi connectivity index (χ3n) is 3.33. The van der Waals surface area contributed by atoms with E-state index < -0.39 is 0 Å². The van der Waals surface area contributed by atoms with Crippen LogP contribution in [-0.2, 0) is 0 Å². The fourth-order valence-corrected chi connectivity index (χ4v) is 3.43. The molecule has 3 rings (SSSR count). The minimum atomic E-state index is 0.759. The van der Waals surface area contributed by atoms with E-state index in [1.807, 2.05) is 12.1 Å². The maximum absolute atomic E-state index is 6.00. The molecule has 1 aliphatic heterocycles.